The van der Waals surface area contributed by atoms with E-state index in [2.05, 4.69) is 5.92 Å². The number of nitriles is 1. The predicted molar refractivity (Wildman–Crippen MR) is 240 cm³/mol. The van der Waals surface area contributed by atoms with E-state index in [4.69, 9.17) is 27.4 Å². The van der Waals surface area contributed by atoms with Gasteiger partial charge in [-0.25, -0.2) is 0 Å². The molecule has 9 nitrogen and oxygen atoms in total. The largest absolute Gasteiger partial charge is 0.496 e. The van der Waals surface area contributed by atoms with Crippen LogP contribution in [0.4, 0.5) is 26.3 Å². The summed E-state index contributed by atoms with van der Waals surface area (Å²) < 4.78 is 97.7. The van der Waals surface area contributed by atoms with Gasteiger partial charge in [0.2, 0.25) is 0 Å². The highest BCUT2D eigenvalue weighted by Gasteiger charge is 2.35. The molecule has 0 spiro atoms. The molecule has 0 saturated carbocycles. The number of thioether (sulfide) groups is 2. The third-order valence-electron chi connectivity index (χ3n) is 10.1. The summed E-state index contributed by atoms with van der Waals surface area (Å²) in [7, 11) is 2.42. The fourth-order valence-corrected chi connectivity index (χ4v) is 8.93. The summed E-state index contributed by atoms with van der Waals surface area (Å²) in [5, 5.41) is 9.33. The van der Waals surface area contributed by atoms with Gasteiger partial charge in [0.25, 0.3) is 0 Å². The highest BCUT2D eigenvalue weighted by Crippen LogP contribution is 2.40. The highest BCUT2D eigenvalue weighted by molar-refractivity contribution is 7.99. The lowest BCUT2D eigenvalue weighted by atomic mass is 9.92. The molecule has 17 heteroatoms. The van der Waals surface area contributed by atoms with Gasteiger partial charge in [-0.2, -0.15) is 31.6 Å². The second-order valence-corrected chi connectivity index (χ2v) is 16.8. The molecule has 5 aromatic rings. The second-order valence-electron chi connectivity index (χ2n) is 14.6. The molecule has 0 aliphatic carbocycles. The number of carbonyl (C=O) groups is 4. The number of nitrogens with two attached hydrogens (primary N) is 2. The Balaban J connectivity index is 1.59. The van der Waals surface area contributed by atoms with Crippen LogP contribution in [0.15, 0.2) is 94.7 Å². The van der Waals surface area contributed by atoms with Crippen LogP contribution >= 0.6 is 23.5 Å². The number of halogens is 6. The maximum Gasteiger partial charge on any atom is 0.416 e. The van der Waals surface area contributed by atoms with E-state index < -0.39 is 72.3 Å². The lowest BCUT2D eigenvalue weighted by Gasteiger charge is -2.20. The molecule has 0 amide bonds. The van der Waals surface area contributed by atoms with Crippen molar-refractivity contribution in [2.75, 3.05) is 38.8 Å². The summed E-state index contributed by atoms with van der Waals surface area (Å²) in [6.07, 6.45) is -6.68. The second kappa shape index (κ2) is 22.2. The Bertz CT molecular complexity index is 2580. The van der Waals surface area contributed by atoms with E-state index in [0.717, 1.165) is 53.9 Å². The van der Waals surface area contributed by atoms with Gasteiger partial charge in [0.1, 0.15) is 11.5 Å². The number of Topliss-reactive ketones (excluding diaryl/α,β-unsaturated/α-hetero) is 4. The molecule has 0 unspecified atom stereocenters. The van der Waals surface area contributed by atoms with Gasteiger partial charge in [0.05, 0.1) is 48.1 Å². The first-order valence-electron chi connectivity index (χ1n) is 19.9. The van der Waals surface area contributed by atoms with Crippen molar-refractivity contribution in [3.63, 3.8) is 0 Å². The predicted octanol–water partition coefficient (Wildman–Crippen LogP) is 9.40. The zero-order valence-corrected chi connectivity index (χ0v) is 37.1. The molecule has 66 heavy (non-hydrogen) atoms. The molecule has 0 bridgehead atoms. The Morgan fingerprint density at radius 3 is 1.32 bits per heavy atom. The Hall–Kier alpha value is -6.37. The number of ketones is 4. The third-order valence-corrected chi connectivity index (χ3v) is 12.6. The number of benzene rings is 5. The zero-order valence-electron chi connectivity index (χ0n) is 35.5. The van der Waals surface area contributed by atoms with Crippen molar-refractivity contribution in [2.45, 2.75) is 47.8 Å². The van der Waals surface area contributed by atoms with Gasteiger partial charge in [-0.1, -0.05) is 30.2 Å². The standard InChI is InChI=1S/C49H41F6N3O6S2/c1-4-28-7-5-9-30(15-28)40(59)21-32-17-36(48(50,51)52)19-34(46(32)65-13-11-56)23-42(61)38-25-39(45(64-3)26-44(38)63-2)43(62)24-35-20-37(49(53,54)55)18-33(47(35)66-14-12-57)22-41(60)31-10-6-8-29(16-31)27-58/h1,5-10,15-20,25-26H,11-14,21-24,56-57H2,2-3H3. The maximum atomic E-state index is 14.5. The van der Waals surface area contributed by atoms with E-state index in [1.807, 2.05) is 6.07 Å². The van der Waals surface area contributed by atoms with Crippen molar-refractivity contribution in [1.29, 1.82) is 5.26 Å². The summed E-state index contributed by atoms with van der Waals surface area (Å²) in [5.41, 5.74) is 9.33. The molecular weight excluding hydrogens is 905 g/mol. The first-order chi connectivity index (χ1) is 31.3. The Morgan fingerprint density at radius 1 is 0.591 bits per heavy atom. The molecule has 0 fully saturated rings. The van der Waals surface area contributed by atoms with Crippen LogP contribution in [0.25, 0.3) is 0 Å². The molecule has 5 rings (SSSR count). The average molecular weight is 946 g/mol. The van der Waals surface area contributed by atoms with Crippen LogP contribution in [-0.4, -0.2) is 61.9 Å². The van der Waals surface area contributed by atoms with Gasteiger partial charge in [-0.15, -0.1) is 29.9 Å². The lowest BCUT2D eigenvalue weighted by molar-refractivity contribution is -0.138. The number of carbonyl (C=O) groups excluding carboxylic acids is 4. The molecule has 0 radical (unpaired) electrons. The number of rotatable bonds is 20. The van der Waals surface area contributed by atoms with Crippen molar-refractivity contribution < 1.29 is 55.0 Å². The van der Waals surface area contributed by atoms with Gasteiger partial charge in [0.15, 0.2) is 23.1 Å². The van der Waals surface area contributed by atoms with E-state index in [0.29, 0.717) is 5.56 Å². The SMILES string of the molecule is C#Cc1cccc(C(=O)Cc2cc(C(F)(F)F)cc(CC(=O)c3cc(C(=O)Cc4cc(C(F)(F)F)cc(CC(=O)c5cccc(C#N)c5)c4SCCN)c(OC)cc3OC)c2SCCN)c1. The number of nitrogens with zero attached hydrogens (tertiary/aromatic N) is 1. The van der Waals surface area contributed by atoms with Crippen molar-refractivity contribution in [3.05, 3.63) is 152 Å². The van der Waals surface area contributed by atoms with E-state index in [-0.39, 0.29) is 96.0 Å². The smallest absolute Gasteiger partial charge is 0.416 e. The molecule has 342 valence electrons. The summed E-state index contributed by atoms with van der Waals surface area (Å²) in [5.74, 6) is -0.188. The van der Waals surface area contributed by atoms with Crippen molar-refractivity contribution in [2.24, 2.45) is 11.5 Å². The number of hydrogen-bond acceptors (Lipinski definition) is 11. The summed E-state index contributed by atoms with van der Waals surface area (Å²) in [6, 6.07) is 19.2. The first kappa shape index (κ1) is 50.6. The van der Waals surface area contributed by atoms with E-state index in [1.165, 1.54) is 56.7 Å². The number of hydrogen-bond donors (Lipinski definition) is 2. The van der Waals surface area contributed by atoms with Crippen LogP contribution in [0.3, 0.4) is 0 Å². The van der Waals surface area contributed by atoms with Crippen LogP contribution in [0.5, 0.6) is 11.5 Å². The number of methoxy groups -OCH3 is 2. The Labute approximate surface area is 385 Å². The minimum Gasteiger partial charge on any atom is -0.496 e. The number of terminal acetylenes is 1. The fourth-order valence-electron chi connectivity index (χ4n) is 7.02. The fraction of sp³-hybridized carbons (Fsp3) is 0.245. The lowest BCUT2D eigenvalue weighted by Crippen LogP contribution is -2.16. The summed E-state index contributed by atoms with van der Waals surface area (Å²) in [6.45, 7) is 0.186. The Morgan fingerprint density at radius 2 is 0.970 bits per heavy atom. The summed E-state index contributed by atoms with van der Waals surface area (Å²) >= 11 is 2.10. The van der Waals surface area contributed by atoms with E-state index >= 15 is 0 Å². The van der Waals surface area contributed by atoms with Gasteiger partial charge in [-0.3, -0.25) is 19.2 Å². The molecule has 0 heterocycles. The van der Waals surface area contributed by atoms with Crippen molar-refractivity contribution in [3.8, 4) is 29.9 Å². The molecule has 5 aromatic carbocycles. The van der Waals surface area contributed by atoms with E-state index in [9.17, 15) is 50.8 Å². The van der Waals surface area contributed by atoms with Crippen LogP contribution in [0, 0.1) is 23.7 Å². The monoisotopic (exact) mass is 945 g/mol. The van der Waals surface area contributed by atoms with Crippen LogP contribution < -0.4 is 20.9 Å². The molecule has 0 aliphatic rings. The third kappa shape index (κ3) is 12.5. The van der Waals surface area contributed by atoms with Crippen LogP contribution in [0.2, 0.25) is 0 Å². The summed E-state index contributed by atoms with van der Waals surface area (Å²) in [4.78, 5) is 56.0. The maximum absolute atomic E-state index is 14.5. The highest BCUT2D eigenvalue weighted by atomic mass is 32.2. The van der Waals surface area contributed by atoms with Gasteiger partial charge in [-0.05, 0) is 76.9 Å². The molecule has 0 aromatic heterocycles. The topological polar surface area (TPSA) is 163 Å². The van der Waals surface area contributed by atoms with Crippen LogP contribution in [-0.2, 0) is 38.0 Å². The zero-order chi connectivity index (χ0) is 48.3. The number of ether oxygens (including phenoxy) is 2. The minimum absolute atomic E-state index is 0.0131. The van der Waals surface area contributed by atoms with Crippen molar-refractivity contribution >= 4 is 46.7 Å². The molecular formula is C49H41F6N3O6S2. The van der Waals surface area contributed by atoms with Gasteiger partial charge in [0, 0.05) is 82.8 Å². The molecule has 0 aliphatic heterocycles. The quantitative estimate of drug-likeness (QED) is 0.0331. The normalized spacial score (nSPS) is 11.4. The number of alkyl halides is 6. The van der Waals surface area contributed by atoms with Gasteiger partial charge >= 0.3 is 12.4 Å². The average Bonchev–Trinajstić information content (AvgIpc) is 3.29. The van der Waals surface area contributed by atoms with Gasteiger partial charge < -0.3 is 20.9 Å². The molecule has 0 atom stereocenters. The van der Waals surface area contributed by atoms with Crippen molar-refractivity contribution in [1.82, 2.24) is 0 Å². The minimum atomic E-state index is -4.91. The Kier molecular flexibility index (Phi) is 17.0. The first-order valence-corrected chi connectivity index (χ1v) is 21.9. The van der Waals surface area contributed by atoms with E-state index in [1.54, 1.807) is 12.1 Å². The molecule has 0 saturated heterocycles. The molecule has 4 N–H and O–H groups in total. The van der Waals surface area contributed by atoms with Crippen LogP contribution in [0.1, 0.15) is 85.9 Å².